The zero-order valence-electron chi connectivity index (χ0n) is 40.7. The molecule has 2 fully saturated rings. The summed E-state index contributed by atoms with van der Waals surface area (Å²) in [6.07, 6.45) is 29.0. The Labute approximate surface area is 397 Å². The highest BCUT2D eigenvalue weighted by atomic mass is 16.7. The Hall–Kier alpha value is -2.05. The van der Waals surface area contributed by atoms with Crippen molar-refractivity contribution >= 4 is 5.97 Å². The van der Waals surface area contributed by atoms with Crippen molar-refractivity contribution in [3.63, 3.8) is 0 Å². The third-order valence-electron chi connectivity index (χ3n) is 12.1. The fourth-order valence-corrected chi connectivity index (χ4v) is 7.92. The maximum Gasteiger partial charge on any atom is 0.306 e. The van der Waals surface area contributed by atoms with Gasteiger partial charge in [0, 0.05) is 13.0 Å². The number of rotatable bonds is 40. The van der Waals surface area contributed by atoms with Crippen LogP contribution in [0.2, 0.25) is 0 Å². The second-order valence-electron chi connectivity index (χ2n) is 18.0. The van der Waals surface area contributed by atoms with Crippen LogP contribution < -0.4 is 0 Å². The summed E-state index contributed by atoms with van der Waals surface area (Å²) in [5.41, 5.74) is 0. The molecule has 2 aliphatic rings. The normalized spacial score (nSPS) is 26.7. The second kappa shape index (κ2) is 39.8. The number of carbonyl (C=O) groups is 1. The second-order valence-corrected chi connectivity index (χ2v) is 18.0. The molecule has 0 bridgehead atoms. The summed E-state index contributed by atoms with van der Waals surface area (Å²) in [4.78, 5) is 12.9. The lowest BCUT2D eigenvalue weighted by Gasteiger charge is -2.42. The molecule has 0 aromatic heterocycles. The van der Waals surface area contributed by atoms with Crippen LogP contribution in [-0.2, 0) is 33.2 Å². The molecule has 2 rings (SSSR count). The Morgan fingerprint density at radius 3 is 1.55 bits per heavy atom. The predicted molar refractivity (Wildman–Crippen MR) is 256 cm³/mol. The largest absolute Gasteiger partial charge is 0.457 e. The zero-order chi connectivity index (χ0) is 48.0. The van der Waals surface area contributed by atoms with Gasteiger partial charge in [-0.25, -0.2) is 0 Å². The van der Waals surface area contributed by atoms with Crippen LogP contribution in [0.4, 0.5) is 0 Å². The Morgan fingerprint density at radius 1 is 0.515 bits per heavy atom. The highest BCUT2D eigenvalue weighted by Crippen LogP contribution is 2.26. The summed E-state index contributed by atoms with van der Waals surface area (Å²) in [5, 5.41) is 72.0. The quantitative estimate of drug-likeness (QED) is 0.0179. The minimum atomic E-state index is -1.71. The van der Waals surface area contributed by atoms with E-state index < -0.39 is 80.7 Å². The van der Waals surface area contributed by atoms with Crippen LogP contribution >= 0.6 is 0 Å². The standard InChI is InChI=1S/C52H92O14/c1-3-5-7-9-11-13-15-16-17-18-19-20-21-22-23-24-25-26-28-30-32-34-36-61-38-41(64-44(54)35-33-31-29-27-14-12-10-8-6-4-2)39-62-51-50(60)48(58)46(56)43(66-51)40-63-52-49(59)47(57)45(55)42(37-53)65-52/h5,7,11,13,16-17,19-20,41-43,45-53,55-60H,3-4,6,8-10,12,14-15,18,21-40H2,1-2H3/b7-5-,13-11-,17-16-,20-19-. The van der Waals surface area contributed by atoms with E-state index in [1.54, 1.807) is 0 Å². The molecule has 7 N–H and O–H groups in total. The number of ether oxygens (including phenoxy) is 6. The van der Waals surface area contributed by atoms with Gasteiger partial charge in [-0.15, -0.1) is 0 Å². The Kier molecular flexibility index (Phi) is 36.2. The molecule has 384 valence electrons. The maximum absolute atomic E-state index is 12.9. The zero-order valence-corrected chi connectivity index (χ0v) is 40.7. The number of aliphatic hydroxyl groups is 7. The molecule has 0 spiro atoms. The number of esters is 1. The van der Waals surface area contributed by atoms with Crippen molar-refractivity contribution in [2.45, 2.75) is 242 Å². The lowest BCUT2D eigenvalue weighted by molar-refractivity contribution is -0.332. The number of hydrogen-bond acceptors (Lipinski definition) is 14. The van der Waals surface area contributed by atoms with E-state index >= 15 is 0 Å². The highest BCUT2D eigenvalue weighted by Gasteiger charge is 2.47. The maximum atomic E-state index is 12.9. The first-order chi connectivity index (χ1) is 32.1. The van der Waals surface area contributed by atoms with Gasteiger partial charge in [0.25, 0.3) is 0 Å². The van der Waals surface area contributed by atoms with E-state index in [1.165, 1.54) is 77.0 Å². The van der Waals surface area contributed by atoms with Crippen LogP contribution in [0.3, 0.4) is 0 Å². The van der Waals surface area contributed by atoms with Crippen molar-refractivity contribution < 1.29 is 69.0 Å². The predicted octanol–water partition coefficient (Wildman–Crippen LogP) is 7.57. The number of hydrogen-bond donors (Lipinski definition) is 7. The van der Waals surface area contributed by atoms with E-state index in [-0.39, 0.29) is 25.6 Å². The molecule has 11 unspecified atom stereocenters. The summed E-state index contributed by atoms with van der Waals surface area (Å²) >= 11 is 0. The first-order valence-corrected chi connectivity index (χ1v) is 25.7. The van der Waals surface area contributed by atoms with E-state index in [2.05, 4.69) is 62.5 Å². The monoisotopic (exact) mass is 941 g/mol. The Morgan fingerprint density at radius 2 is 0.985 bits per heavy atom. The lowest BCUT2D eigenvalue weighted by Crippen LogP contribution is -2.61. The fraction of sp³-hybridized carbons (Fsp3) is 0.827. The number of unbranched alkanes of at least 4 members (excludes halogenated alkanes) is 18. The molecule has 0 aromatic carbocycles. The van der Waals surface area contributed by atoms with Crippen molar-refractivity contribution in [2.75, 3.05) is 33.0 Å². The van der Waals surface area contributed by atoms with Crippen molar-refractivity contribution in [3.8, 4) is 0 Å². The van der Waals surface area contributed by atoms with Gasteiger partial charge in [0.05, 0.1) is 26.4 Å². The van der Waals surface area contributed by atoms with Crippen LogP contribution in [0.15, 0.2) is 48.6 Å². The number of aliphatic hydroxyl groups excluding tert-OH is 7. The number of allylic oxidation sites excluding steroid dienone is 8. The molecule has 2 saturated heterocycles. The third-order valence-corrected chi connectivity index (χ3v) is 12.1. The minimum absolute atomic E-state index is 0.0579. The van der Waals surface area contributed by atoms with Gasteiger partial charge in [-0.05, 0) is 51.4 Å². The summed E-state index contributed by atoms with van der Waals surface area (Å²) in [7, 11) is 0. The molecule has 14 nitrogen and oxygen atoms in total. The first kappa shape index (κ1) is 60.1. The minimum Gasteiger partial charge on any atom is -0.457 e. The van der Waals surface area contributed by atoms with Crippen LogP contribution in [0, 0.1) is 0 Å². The Bertz CT molecular complexity index is 1280. The SMILES string of the molecule is CC/C=C\C/C=C\C/C=C\C/C=C\CCCCCCCCCCCOCC(COC1OC(COC2OC(CO)C(O)C(O)C2O)C(O)C(O)C1O)OC(=O)CCCCCCCCCCCC. The average molecular weight is 941 g/mol. The van der Waals surface area contributed by atoms with Gasteiger partial charge in [0.1, 0.15) is 54.9 Å². The van der Waals surface area contributed by atoms with Gasteiger partial charge in [0.15, 0.2) is 12.6 Å². The van der Waals surface area contributed by atoms with Gasteiger partial charge in [-0.1, -0.05) is 165 Å². The van der Waals surface area contributed by atoms with E-state index in [4.69, 9.17) is 28.4 Å². The number of carbonyl (C=O) groups excluding carboxylic acids is 1. The van der Waals surface area contributed by atoms with Crippen LogP contribution in [-0.4, -0.2) is 142 Å². The van der Waals surface area contributed by atoms with Crippen molar-refractivity contribution in [1.29, 1.82) is 0 Å². The van der Waals surface area contributed by atoms with Gasteiger partial charge in [-0.2, -0.15) is 0 Å². The Balaban J connectivity index is 1.72. The van der Waals surface area contributed by atoms with E-state index in [9.17, 15) is 40.5 Å². The first-order valence-electron chi connectivity index (χ1n) is 25.7. The smallest absolute Gasteiger partial charge is 0.306 e. The summed E-state index contributed by atoms with van der Waals surface area (Å²) in [6.45, 7) is 3.54. The molecule has 0 saturated carbocycles. The van der Waals surface area contributed by atoms with Crippen LogP contribution in [0.25, 0.3) is 0 Å². The lowest BCUT2D eigenvalue weighted by atomic mass is 9.98. The van der Waals surface area contributed by atoms with Gasteiger partial charge >= 0.3 is 5.97 Å². The van der Waals surface area contributed by atoms with Crippen molar-refractivity contribution in [3.05, 3.63) is 48.6 Å². The van der Waals surface area contributed by atoms with Crippen LogP contribution in [0.1, 0.15) is 174 Å². The summed E-state index contributed by atoms with van der Waals surface area (Å²) in [6, 6.07) is 0. The van der Waals surface area contributed by atoms with Crippen LogP contribution in [0.5, 0.6) is 0 Å². The molecule has 11 atom stereocenters. The molecule has 66 heavy (non-hydrogen) atoms. The average Bonchev–Trinajstić information content (AvgIpc) is 3.31. The van der Waals surface area contributed by atoms with Crippen molar-refractivity contribution in [1.82, 2.24) is 0 Å². The van der Waals surface area contributed by atoms with Gasteiger partial charge < -0.3 is 64.2 Å². The molecular formula is C52H92O14. The molecule has 2 heterocycles. The molecule has 0 aromatic rings. The molecule has 0 aliphatic carbocycles. The third kappa shape index (κ3) is 27.2. The van der Waals surface area contributed by atoms with Gasteiger partial charge in [-0.3, -0.25) is 4.79 Å². The topological polar surface area (TPSA) is 214 Å². The van der Waals surface area contributed by atoms with E-state index in [0.717, 1.165) is 70.6 Å². The molecule has 0 amide bonds. The molecule has 2 aliphatic heterocycles. The fourth-order valence-electron chi connectivity index (χ4n) is 7.92. The summed E-state index contributed by atoms with van der Waals surface area (Å²) < 4.78 is 34.2. The molecular weight excluding hydrogens is 849 g/mol. The van der Waals surface area contributed by atoms with E-state index in [0.29, 0.717) is 13.0 Å². The highest BCUT2D eigenvalue weighted by molar-refractivity contribution is 5.69. The molecule has 14 heteroatoms. The molecule has 0 radical (unpaired) electrons. The van der Waals surface area contributed by atoms with E-state index in [1.807, 2.05) is 0 Å². The van der Waals surface area contributed by atoms with Gasteiger partial charge in [0.2, 0.25) is 0 Å². The van der Waals surface area contributed by atoms with Crippen molar-refractivity contribution in [2.24, 2.45) is 0 Å². The summed E-state index contributed by atoms with van der Waals surface area (Å²) in [5.74, 6) is -0.382.